The number of carbonyl (C=O) groups excluding carboxylic acids is 1. The van der Waals surface area contributed by atoms with E-state index in [-0.39, 0.29) is 17.7 Å². The summed E-state index contributed by atoms with van der Waals surface area (Å²) in [5.74, 6) is 1.08. The van der Waals surface area contributed by atoms with Crippen LogP contribution in [0.15, 0.2) is 30.6 Å². The van der Waals surface area contributed by atoms with Gasteiger partial charge in [-0.1, -0.05) is 30.7 Å². The predicted molar refractivity (Wildman–Crippen MR) is 142 cm³/mol. The first kappa shape index (κ1) is 25.4. The average molecular weight is 513 g/mol. The maximum Gasteiger partial charge on any atom is 0.231 e. The SMILES string of the molecule is C[C@@H]1CN(C[C@@H](C(=O)N2CCN(c3ncnc4c3[C@H](C)C[C@H]4O)CC2)c2ccc(Cl)cc2)C[C@@H](C)N1. The van der Waals surface area contributed by atoms with Crippen LogP contribution in [-0.2, 0) is 4.79 Å². The molecular weight excluding hydrogens is 476 g/mol. The summed E-state index contributed by atoms with van der Waals surface area (Å²) >= 11 is 6.16. The third-order valence-corrected chi connectivity index (χ3v) is 8.07. The summed E-state index contributed by atoms with van der Waals surface area (Å²) in [5, 5.41) is 14.6. The van der Waals surface area contributed by atoms with E-state index in [9.17, 15) is 9.90 Å². The molecule has 3 heterocycles. The summed E-state index contributed by atoms with van der Waals surface area (Å²) in [7, 11) is 0. The Bertz CT molecular complexity index is 1060. The fraction of sp³-hybridized carbons (Fsp3) is 0.593. The van der Waals surface area contributed by atoms with E-state index >= 15 is 0 Å². The minimum atomic E-state index is -0.518. The molecule has 8 nitrogen and oxygen atoms in total. The molecule has 2 aromatic rings. The van der Waals surface area contributed by atoms with Gasteiger partial charge in [-0.25, -0.2) is 9.97 Å². The minimum Gasteiger partial charge on any atom is -0.387 e. The molecule has 3 aliphatic rings. The van der Waals surface area contributed by atoms with Crippen LogP contribution in [0.3, 0.4) is 0 Å². The summed E-state index contributed by atoms with van der Waals surface area (Å²) in [4.78, 5) is 29.5. The van der Waals surface area contributed by atoms with Gasteiger partial charge in [0.2, 0.25) is 5.91 Å². The molecule has 1 aromatic heterocycles. The van der Waals surface area contributed by atoms with Crippen molar-refractivity contribution in [1.29, 1.82) is 0 Å². The molecule has 5 rings (SSSR count). The van der Waals surface area contributed by atoms with E-state index in [0.717, 1.165) is 35.7 Å². The van der Waals surface area contributed by atoms with Gasteiger partial charge in [0.25, 0.3) is 0 Å². The number of amides is 1. The third-order valence-electron chi connectivity index (χ3n) is 7.81. The Morgan fingerprint density at radius 1 is 1.08 bits per heavy atom. The maximum atomic E-state index is 13.9. The van der Waals surface area contributed by atoms with Crippen LogP contribution in [0.25, 0.3) is 0 Å². The molecule has 2 saturated heterocycles. The number of hydrogen-bond donors (Lipinski definition) is 2. The number of nitrogens with zero attached hydrogens (tertiary/aromatic N) is 5. The van der Waals surface area contributed by atoms with Gasteiger partial charge >= 0.3 is 0 Å². The highest BCUT2D eigenvalue weighted by Gasteiger charge is 2.36. The Kier molecular flexibility index (Phi) is 7.49. The Morgan fingerprint density at radius 3 is 2.42 bits per heavy atom. The largest absolute Gasteiger partial charge is 0.387 e. The van der Waals surface area contributed by atoms with Crippen molar-refractivity contribution in [1.82, 2.24) is 25.1 Å². The van der Waals surface area contributed by atoms with Crippen molar-refractivity contribution in [2.45, 2.75) is 57.2 Å². The Hall–Kier alpha value is -2.26. The van der Waals surface area contributed by atoms with Crippen LogP contribution in [0.2, 0.25) is 5.02 Å². The number of halogens is 1. The van der Waals surface area contributed by atoms with Gasteiger partial charge < -0.3 is 20.2 Å². The molecule has 1 amide bonds. The average Bonchev–Trinajstić information content (AvgIpc) is 3.16. The smallest absolute Gasteiger partial charge is 0.231 e. The van der Waals surface area contributed by atoms with Crippen LogP contribution in [0.1, 0.15) is 62.0 Å². The van der Waals surface area contributed by atoms with Crippen LogP contribution < -0.4 is 10.2 Å². The van der Waals surface area contributed by atoms with E-state index in [1.807, 2.05) is 29.2 Å². The quantitative estimate of drug-likeness (QED) is 0.637. The standard InChI is InChI=1S/C27H37ClN6O2/c1-17-12-23(35)25-24(17)26(30-16-29-25)33-8-10-34(11-9-33)27(36)22(20-4-6-21(28)7-5-20)15-32-13-18(2)31-19(3)14-32/h4-7,16-19,22-23,31,35H,8-15H2,1-3H3/t17-,18-,19-,22-,23-/m1/s1. The number of rotatable bonds is 5. The van der Waals surface area contributed by atoms with Crippen LogP contribution >= 0.6 is 11.6 Å². The first-order valence-electron chi connectivity index (χ1n) is 13.1. The number of benzene rings is 1. The van der Waals surface area contributed by atoms with Gasteiger partial charge in [-0.2, -0.15) is 0 Å². The van der Waals surface area contributed by atoms with Crippen molar-refractivity contribution in [3.05, 3.63) is 52.4 Å². The first-order valence-corrected chi connectivity index (χ1v) is 13.5. The second-order valence-corrected chi connectivity index (χ2v) is 11.2. The lowest BCUT2D eigenvalue weighted by Gasteiger charge is -2.40. The Balaban J connectivity index is 1.31. The molecule has 0 saturated carbocycles. The van der Waals surface area contributed by atoms with E-state index < -0.39 is 6.10 Å². The molecule has 1 aliphatic carbocycles. The van der Waals surface area contributed by atoms with Gasteiger partial charge in [0.1, 0.15) is 12.1 Å². The normalized spacial score (nSPS) is 27.7. The molecule has 1 aromatic carbocycles. The molecule has 36 heavy (non-hydrogen) atoms. The fourth-order valence-electron chi connectivity index (χ4n) is 6.18. The Labute approximate surface area is 218 Å². The van der Waals surface area contributed by atoms with Gasteiger partial charge in [0.05, 0.1) is 17.7 Å². The van der Waals surface area contributed by atoms with Crippen LogP contribution in [0.4, 0.5) is 5.82 Å². The van der Waals surface area contributed by atoms with E-state index in [4.69, 9.17) is 11.6 Å². The van der Waals surface area contributed by atoms with Crippen molar-refractivity contribution in [2.75, 3.05) is 50.7 Å². The zero-order valence-electron chi connectivity index (χ0n) is 21.4. The number of aliphatic hydroxyl groups is 1. The zero-order valence-corrected chi connectivity index (χ0v) is 22.2. The molecule has 0 bridgehead atoms. The van der Waals surface area contributed by atoms with Gasteiger partial charge in [0.15, 0.2) is 0 Å². The van der Waals surface area contributed by atoms with Crippen molar-refractivity contribution >= 4 is 23.3 Å². The summed E-state index contributed by atoms with van der Waals surface area (Å²) in [5.41, 5.74) is 2.83. The number of hydrogen-bond acceptors (Lipinski definition) is 7. The summed E-state index contributed by atoms with van der Waals surface area (Å²) in [6.07, 6.45) is 1.72. The lowest BCUT2D eigenvalue weighted by molar-refractivity contribution is -0.133. The molecule has 2 N–H and O–H groups in total. The van der Waals surface area contributed by atoms with E-state index in [1.54, 1.807) is 6.33 Å². The topological polar surface area (TPSA) is 84.8 Å². The summed E-state index contributed by atoms with van der Waals surface area (Å²) < 4.78 is 0. The van der Waals surface area contributed by atoms with Crippen LogP contribution in [-0.4, -0.2) is 88.7 Å². The highest BCUT2D eigenvalue weighted by atomic mass is 35.5. The molecule has 0 radical (unpaired) electrons. The lowest BCUT2D eigenvalue weighted by atomic mass is 9.95. The number of fused-ring (bicyclic) bond motifs is 1. The van der Waals surface area contributed by atoms with Crippen molar-refractivity contribution < 1.29 is 9.90 Å². The van der Waals surface area contributed by atoms with E-state index in [1.165, 1.54) is 0 Å². The molecule has 5 atom stereocenters. The summed E-state index contributed by atoms with van der Waals surface area (Å²) in [6, 6.07) is 8.54. The van der Waals surface area contributed by atoms with Crippen molar-refractivity contribution in [3.8, 4) is 0 Å². The first-order chi connectivity index (χ1) is 17.3. The molecular formula is C27H37ClN6O2. The fourth-order valence-corrected chi connectivity index (χ4v) is 6.31. The maximum absolute atomic E-state index is 13.9. The number of carbonyl (C=O) groups is 1. The third kappa shape index (κ3) is 5.23. The molecule has 2 aliphatic heterocycles. The number of aliphatic hydroxyl groups excluding tert-OH is 1. The van der Waals surface area contributed by atoms with Gasteiger partial charge in [-0.15, -0.1) is 0 Å². The predicted octanol–water partition coefficient (Wildman–Crippen LogP) is 2.79. The number of anilines is 1. The molecule has 0 unspecified atom stereocenters. The van der Waals surface area contributed by atoms with Crippen LogP contribution in [0, 0.1) is 0 Å². The second kappa shape index (κ2) is 10.6. The van der Waals surface area contributed by atoms with Gasteiger partial charge in [0, 0.05) is 68.5 Å². The zero-order chi connectivity index (χ0) is 25.4. The minimum absolute atomic E-state index is 0.174. The Morgan fingerprint density at radius 2 is 1.75 bits per heavy atom. The van der Waals surface area contributed by atoms with Crippen molar-refractivity contribution in [2.24, 2.45) is 0 Å². The van der Waals surface area contributed by atoms with Gasteiger partial charge in [-0.05, 0) is 43.9 Å². The van der Waals surface area contributed by atoms with Gasteiger partial charge in [-0.3, -0.25) is 9.69 Å². The second-order valence-electron chi connectivity index (χ2n) is 10.8. The molecule has 2 fully saturated rings. The molecule has 0 spiro atoms. The lowest BCUT2D eigenvalue weighted by Crippen LogP contribution is -2.56. The van der Waals surface area contributed by atoms with E-state index in [2.05, 4.69) is 45.9 Å². The number of aromatic nitrogens is 2. The van der Waals surface area contributed by atoms with Crippen LogP contribution in [0.5, 0.6) is 0 Å². The number of nitrogens with one attached hydrogen (secondary N) is 1. The summed E-state index contributed by atoms with van der Waals surface area (Å²) in [6.45, 7) is 11.8. The monoisotopic (exact) mass is 512 g/mol. The highest BCUT2D eigenvalue weighted by molar-refractivity contribution is 6.30. The highest BCUT2D eigenvalue weighted by Crippen LogP contribution is 2.42. The van der Waals surface area contributed by atoms with Crippen molar-refractivity contribution in [3.63, 3.8) is 0 Å². The van der Waals surface area contributed by atoms with E-state index in [0.29, 0.717) is 56.3 Å². The molecule has 194 valence electrons. The number of piperazine rings is 2. The molecule has 9 heteroatoms.